The van der Waals surface area contributed by atoms with Crippen molar-refractivity contribution in [2.45, 2.75) is 13.5 Å². The summed E-state index contributed by atoms with van der Waals surface area (Å²) in [6, 6.07) is 8.42. The second-order valence-corrected chi connectivity index (χ2v) is 10.0. The zero-order valence-electron chi connectivity index (χ0n) is 16.9. The van der Waals surface area contributed by atoms with Gasteiger partial charge in [0.25, 0.3) is 5.91 Å². The topological polar surface area (TPSA) is 87.2 Å². The Morgan fingerprint density at radius 2 is 1.69 bits per heavy atom. The van der Waals surface area contributed by atoms with Crippen LogP contribution in [0.3, 0.4) is 0 Å². The lowest BCUT2D eigenvalue weighted by atomic mass is 10.1. The minimum absolute atomic E-state index is 0.0209. The summed E-state index contributed by atoms with van der Waals surface area (Å²) in [5, 5.41) is 0. The van der Waals surface area contributed by atoms with E-state index in [1.54, 1.807) is 9.80 Å². The van der Waals surface area contributed by atoms with Crippen molar-refractivity contribution in [2.75, 3.05) is 63.9 Å². The molecule has 0 atom stereocenters. The Labute approximate surface area is 172 Å². The maximum atomic E-state index is 12.3. The molecule has 0 aromatic heterocycles. The van der Waals surface area contributed by atoms with E-state index in [1.807, 2.05) is 0 Å². The monoisotopic (exact) mass is 423 g/mol. The number of esters is 1. The summed E-state index contributed by atoms with van der Waals surface area (Å²) in [7, 11) is -2.98. The maximum absolute atomic E-state index is 12.3. The zero-order chi connectivity index (χ0) is 20.9. The molecule has 1 amide bonds. The van der Waals surface area contributed by atoms with Gasteiger partial charge in [-0.3, -0.25) is 19.4 Å². The third kappa shape index (κ3) is 6.80. The van der Waals surface area contributed by atoms with Gasteiger partial charge in [0, 0.05) is 45.8 Å². The molecule has 2 aliphatic rings. The van der Waals surface area contributed by atoms with Gasteiger partial charge in [0.05, 0.1) is 18.1 Å². The first kappa shape index (κ1) is 21.7. The summed E-state index contributed by atoms with van der Waals surface area (Å²) < 4.78 is 27.9. The van der Waals surface area contributed by atoms with E-state index in [4.69, 9.17) is 4.74 Å². The van der Waals surface area contributed by atoms with Gasteiger partial charge in [-0.05, 0) is 12.5 Å². The highest BCUT2D eigenvalue weighted by atomic mass is 32.2. The van der Waals surface area contributed by atoms with E-state index in [0.717, 1.165) is 19.6 Å². The molecule has 0 spiro atoms. The molecule has 3 rings (SSSR count). The molecule has 29 heavy (non-hydrogen) atoms. The van der Waals surface area contributed by atoms with Crippen molar-refractivity contribution in [3.63, 3.8) is 0 Å². The van der Waals surface area contributed by atoms with Crippen LogP contribution in [0.15, 0.2) is 24.3 Å². The lowest BCUT2D eigenvalue weighted by Crippen LogP contribution is -2.49. The number of hydrogen-bond acceptors (Lipinski definition) is 7. The van der Waals surface area contributed by atoms with Crippen LogP contribution in [0.1, 0.15) is 11.1 Å². The van der Waals surface area contributed by atoms with Gasteiger partial charge < -0.3 is 9.64 Å². The number of benzene rings is 1. The highest BCUT2D eigenvalue weighted by Crippen LogP contribution is 2.11. The molecule has 0 saturated carbocycles. The standard InChI is InChI=1S/C20H29N3O5S/c1-17-3-2-4-18(13-17)14-21-5-7-23(8-6-21)19(24)16-28-20(25)15-22-9-11-29(26,27)12-10-22/h2-4,13H,5-12,14-16H2,1H3. The van der Waals surface area contributed by atoms with Crippen LogP contribution >= 0.6 is 0 Å². The summed E-state index contributed by atoms with van der Waals surface area (Å²) in [6.45, 7) is 6.17. The minimum atomic E-state index is -2.98. The molecule has 9 heteroatoms. The van der Waals surface area contributed by atoms with Crippen LogP contribution in [0.2, 0.25) is 0 Å². The van der Waals surface area contributed by atoms with Gasteiger partial charge in [0.1, 0.15) is 0 Å². The van der Waals surface area contributed by atoms with Crippen LogP contribution in [0.5, 0.6) is 0 Å². The number of piperazine rings is 1. The Morgan fingerprint density at radius 1 is 1.00 bits per heavy atom. The third-order valence-corrected chi connectivity index (χ3v) is 6.97. The largest absolute Gasteiger partial charge is 0.455 e. The van der Waals surface area contributed by atoms with Gasteiger partial charge in [-0.1, -0.05) is 29.8 Å². The van der Waals surface area contributed by atoms with Crippen molar-refractivity contribution < 1.29 is 22.7 Å². The van der Waals surface area contributed by atoms with Crippen molar-refractivity contribution in [1.82, 2.24) is 14.7 Å². The number of nitrogens with zero attached hydrogens (tertiary/aromatic N) is 3. The van der Waals surface area contributed by atoms with E-state index in [0.29, 0.717) is 26.2 Å². The average Bonchev–Trinajstić information content (AvgIpc) is 2.68. The van der Waals surface area contributed by atoms with Gasteiger partial charge in [0.2, 0.25) is 0 Å². The Morgan fingerprint density at radius 3 is 2.34 bits per heavy atom. The minimum Gasteiger partial charge on any atom is -0.455 e. The van der Waals surface area contributed by atoms with Crippen molar-refractivity contribution in [2.24, 2.45) is 0 Å². The number of carbonyl (C=O) groups is 2. The number of sulfone groups is 1. The molecule has 0 unspecified atom stereocenters. The second-order valence-electron chi connectivity index (χ2n) is 7.73. The van der Waals surface area contributed by atoms with Crippen LogP contribution in [0.4, 0.5) is 0 Å². The van der Waals surface area contributed by atoms with Crippen molar-refractivity contribution >= 4 is 21.7 Å². The van der Waals surface area contributed by atoms with Crippen LogP contribution < -0.4 is 0 Å². The summed E-state index contributed by atoms with van der Waals surface area (Å²) >= 11 is 0. The molecule has 2 aliphatic heterocycles. The molecule has 0 aliphatic carbocycles. The van der Waals surface area contributed by atoms with Gasteiger partial charge in [-0.15, -0.1) is 0 Å². The first-order valence-electron chi connectivity index (χ1n) is 9.95. The highest BCUT2D eigenvalue weighted by Gasteiger charge is 2.25. The predicted molar refractivity (Wildman–Crippen MR) is 109 cm³/mol. The fourth-order valence-electron chi connectivity index (χ4n) is 3.59. The maximum Gasteiger partial charge on any atom is 0.320 e. The molecule has 0 N–H and O–H groups in total. The number of rotatable bonds is 6. The van der Waals surface area contributed by atoms with Crippen molar-refractivity contribution in [3.8, 4) is 0 Å². The number of amides is 1. The van der Waals surface area contributed by atoms with Gasteiger partial charge in [-0.25, -0.2) is 8.42 Å². The zero-order valence-corrected chi connectivity index (χ0v) is 17.7. The molecule has 2 fully saturated rings. The van der Waals surface area contributed by atoms with Crippen LogP contribution in [0.25, 0.3) is 0 Å². The van der Waals surface area contributed by atoms with Crippen LogP contribution in [0, 0.1) is 6.92 Å². The lowest BCUT2D eigenvalue weighted by molar-refractivity contribution is -0.153. The summed E-state index contributed by atoms with van der Waals surface area (Å²) in [6.07, 6.45) is 0. The highest BCUT2D eigenvalue weighted by molar-refractivity contribution is 7.91. The Balaban J connectivity index is 1.35. The number of hydrogen-bond donors (Lipinski definition) is 0. The third-order valence-electron chi connectivity index (χ3n) is 5.36. The molecular weight excluding hydrogens is 394 g/mol. The summed E-state index contributed by atoms with van der Waals surface area (Å²) in [5.74, 6) is -0.552. The molecule has 0 bridgehead atoms. The lowest BCUT2D eigenvalue weighted by Gasteiger charge is -2.34. The average molecular weight is 424 g/mol. The van der Waals surface area contributed by atoms with Crippen molar-refractivity contribution in [1.29, 1.82) is 0 Å². The number of aryl methyl sites for hydroxylation is 1. The van der Waals surface area contributed by atoms with E-state index in [2.05, 4.69) is 36.1 Å². The fraction of sp³-hybridized carbons (Fsp3) is 0.600. The smallest absolute Gasteiger partial charge is 0.320 e. The van der Waals surface area contributed by atoms with E-state index in [9.17, 15) is 18.0 Å². The molecule has 160 valence electrons. The van der Waals surface area contributed by atoms with Gasteiger partial charge >= 0.3 is 5.97 Å². The fourth-order valence-corrected chi connectivity index (χ4v) is 4.87. The molecule has 2 heterocycles. The van der Waals surface area contributed by atoms with Crippen LogP contribution in [-0.2, 0) is 30.7 Å². The summed E-state index contributed by atoms with van der Waals surface area (Å²) in [5.41, 5.74) is 2.51. The Hall–Kier alpha value is -1.97. The van der Waals surface area contributed by atoms with Gasteiger partial charge in [0.15, 0.2) is 16.4 Å². The predicted octanol–water partition coefficient (Wildman–Crippen LogP) is -0.0872. The Bertz CT molecular complexity index is 820. The second kappa shape index (κ2) is 9.69. The van der Waals surface area contributed by atoms with E-state index in [1.165, 1.54) is 11.1 Å². The molecular formula is C20H29N3O5S. The quantitative estimate of drug-likeness (QED) is 0.591. The molecule has 1 aromatic rings. The Kier molecular flexibility index (Phi) is 7.26. The van der Waals surface area contributed by atoms with Gasteiger partial charge in [-0.2, -0.15) is 0 Å². The normalized spacial score (nSPS) is 20.4. The van der Waals surface area contributed by atoms with E-state index < -0.39 is 15.8 Å². The summed E-state index contributed by atoms with van der Waals surface area (Å²) in [4.78, 5) is 30.1. The van der Waals surface area contributed by atoms with E-state index >= 15 is 0 Å². The first-order valence-corrected chi connectivity index (χ1v) is 11.8. The van der Waals surface area contributed by atoms with Crippen LogP contribution in [-0.4, -0.2) is 98.9 Å². The van der Waals surface area contributed by atoms with E-state index in [-0.39, 0.29) is 30.6 Å². The molecule has 8 nitrogen and oxygen atoms in total. The number of ether oxygens (including phenoxy) is 1. The molecule has 1 aromatic carbocycles. The molecule has 0 radical (unpaired) electrons. The first-order chi connectivity index (χ1) is 13.8. The number of carbonyl (C=O) groups excluding carboxylic acids is 2. The molecule has 2 saturated heterocycles. The van der Waals surface area contributed by atoms with Crippen molar-refractivity contribution in [3.05, 3.63) is 35.4 Å². The SMILES string of the molecule is Cc1cccc(CN2CCN(C(=O)COC(=O)CN3CCS(=O)(=O)CC3)CC2)c1.